The van der Waals surface area contributed by atoms with E-state index in [1.165, 1.54) is 24.0 Å². The first kappa shape index (κ1) is 20.6. The van der Waals surface area contributed by atoms with E-state index in [1.807, 2.05) is 4.68 Å². The third-order valence-corrected chi connectivity index (χ3v) is 5.62. The molecule has 2 aliphatic rings. The number of rotatable bonds is 4. The van der Waals surface area contributed by atoms with Crippen molar-refractivity contribution in [3.05, 3.63) is 46.8 Å². The van der Waals surface area contributed by atoms with E-state index in [9.17, 15) is 4.79 Å². The van der Waals surface area contributed by atoms with Crippen LogP contribution in [0.1, 0.15) is 46.4 Å². The van der Waals surface area contributed by atoms with Crippen LogP contribution in [-0.4, -0.2) is 28.2 Å². The summed E-state index contributed by atoms with van der Waals surface area (Å²) in [6.07, 6.45) is 7.98. The number of fused-ring (bicyclic) bond motifs is 2. The maximum atomic E-state index is 11.5. The fraction of sp³-hybridized carbons (Fsp3) is 0.450. The van der Waals surface area contributed by atoms with Gasteiger partial charge in [0.15, 0.2) is 5.96 Å². The van der Waals surface area contributed by atoms with Gasteiger partial charge in [-0.15, -0.1) is 24.0 Å². The van der Waals surface area contributed by atoms with Gasteiger partial charge in [-0.1, -0.05) is 12.1 Å². The zero-order valence-corrected chi connectivity index (χ0v) is 18.2. The van der Waals surface area contributed by atoms with Crippen LogP contribution in [0.25, 0.3) is 0 Å². The Bertz CT molecular complexity index is 891. The summed E-state index contributed by atoms with van der Waals surface area (Å²) in [5.74, 6) is 0.357. The topological polar surface area (TPSA) is 111 Å². The Labute approximate surface area is 182 Å². The predicted molar refractivity (Wildman–Crippen MR) is 121 cm³/mol. The fourth-order valence-electron chi connectivity index (χ4n) is 4.16. The summed E-state index contributed by atoms with van der Waals surface area (Å²) in [4.78, 5) is 16.1. The van der Waals surface area contributed by atoms with Gasteiger partial charge in [0.05, 0.1) is 17.5 Å². The minimum Gasteiger partial charge on any atom is -0.370 e. The van der Waals surface area contributed by atoms with E-state index in [4.69, 9.17) is 11.5 Å². The number of amides is 1. The average molecular weight is 494 g/mol. The second-order valence-corrected chi connectivity index (χ2v) is 7.45. The normalized spacial score (nSPS) is 18.6. The minimum absolute atomic E-state index is 0. The van der Waals surface area contributed by atoms with Crippen LogP contribution in [0.2, 0.25) is 0 Å². The molecule has 1 aliphatic heterocycles. The number of hydrogen-bond acceptors (Lipinski definition) is 3. The molecule has 1 aromatic carbocycles. The lowest BCUT2D eigenvalue weighted by molar-refractivity contribution is 0.0998. The molecule has 1 aliphatic carbocycles. The maximum absolute atomic E-state index is 11.5. The van der Waals surface area contributed by atoms with Crippen molar-refractivity contribution >= 4 is 41.5 Å². The highest BCUT2D eigenvalue weighted by Gasteiger charge is 2.24. The highest BCUT2D eigenvalue weighted by molar-refractivity contribution is 14.0. The largest absolute Gasteiger partial charge is 0.370 e. The van der Waals surface area contributed by atoms with Crippen LogP contribution in [0.4, 0.5) is 5.69 Å². The first-order valence-corrected chi connectivity index (χ1v) is 9.64. The highest BCUT2D eigenvalue weighted by Crippen LogP contribution is 2.28. The maximum Gasteiger partial charge on any atom is 0.252 e. The fourth-order valence-corrected chi connectivity index (χ4v) is 4.16. The Morgan fingerprint density at radius 3 is 2.93 bits per heavy atom. The standard InChI is InChI=1S/C20H26N6O.HI/c21-19(27)16-12-24-26-9-8-13(10-18(16)26)11-23-20(22)25-17-7-3-5-14-4-1-2-6-15(14)17;/h3,5,7,12-13H,1-2,4,6,8-11H2,(H2,21,27)(H3,22,23,25);1H. The first-order chi connectivity index (χ1) is 13.1. The van der Waals surface area contributed by atoms with E-state index >= 15 is 0 Å². The summed E-state index contributed by atoms with van der Waals surface area (Å²) in [6, 6.07) is 6.35. The van der Waals surface area contributed by atoms with Crippen LogP contribution < -0.4 is 16.8 Å². The lowest BCUT2D eigenvalue weighted by Crippen LogP contribution is -2.28. The van der Waals surface area contributed by atoms with Gasteiger partial charge in [-0.2, -0.15) is 5.10 Å². The number of guanidine groups is 1. The van der Waals surface area contributed by atoms with Crippen molar-refractivity contribution in [2.24, 2.45) is 22.4 Å². The van der Waals surface area contributed by atoms with Crippen molar-refractivity contribution in [1.29, 1.82) is 0 Å². The van der Waals surface area contributed by atoms with E-state index < -0.39 is 5.91 Å². The van der Waals surface area contributed by atoms with Gasteiger partial charge in [0.1, 0.15) is 0 Å². The lowest BCUT2D eigenvalue weighted by Gasteiger charge is -2.23. The molecule has 4 rings (SSSR count). The smallest absolute Gasteiger partial charge is 0.252 e. The predicted octanol–water partition coefficient (Wildman–Crippen LogP) is 2.47. The van der Waals surface area contributed by atoms with Crippen molar-refractivity contribution in [3.8, 4) is 0 Å². The number of benzene rings is 1. The Morgan fingerprint density at radius 2 is 2.11 bits per heavy atom. The van der Waals surface area contributed by atoms with Gasteiger partial charge in [-0.05, 0) is 61.6 Å². The molecule has 28 heavy (non-hydrogen) atoms. The number of nitrogens with one attached hydrogen (secondary N) is 1. The van der Waals surface area contributed by atoms with Gasteiger partial charge < -0.3 is 16.8 Å². The summed E-state index contributed by atoms with van der Waals surface area (Å²) in [6.45, 7) is 1.40. The van der Waals surface area contributed by atoms with Crippen molar-refractivity contribution < 1.29 is 4.79 Å². The zero-order valence-electron chi connectivity index (χ0n) is 15.9. The zero-order chi connectivity index (χ0) is 18.8. The lowest BCUT2D eigenvalue weighted by atomic mass is 9.90. The molecular formula is C20H27IN6O. The second kappa shape index (κ2) is 8.93. The molecule has 150 valence electrons. The van der Waals surface area contributed by atoms with Gasteiger partial charge in [0, 0.05) is 18.8 Å². The molecule has 2 heterocycles. The molecular weight excluding hydrogens is 467 g/mol. The molecule has 1 amide bonds. The number of carbonyl (C=O) groups excluding carboxylic acids is 1. The number of nitrogens with two attached hydrogens (primary N) is 2. The van der Waals surface area contributed by atoms with Crippen LogP contribution >= 0.6 is 24.0 Å². The number of carbonyl (C=O) groups is 1. The SMILES string of the molecule is I.NC(=O)c1cnn2c1CC(CN=C(N)Nc1cccc3c1CCCC3)CC2. The molecule has 1 unspecified atom stereocenters. The van der Waals surface area contributed by atoms with E-state index in [2.05, 4.69) is 33.6 Å². The first-order valence-electron chi connectivity index (χ1n) is 9.64. The highest BCUT2D eigenvalue weighted by atomic mass is 127. The third-order valence-electron chi connectivity index (χ3n) is 5.62. The molecule has 0 spiro atoms. The van der Waals surface area contributed by atoms with Crippen LogP contribution in [-0.2, 0) is 25.8 Å². The van der Waals surface area contributed by atoms with Crippen molar-refractivity contribution in [2.45, 2.75) is 45.1 Å². The molecule has 0 radical (unpaired) electrons. The molecule has 7 nitrogen and oxygen atoms in total. The summed E-state index contributed by atoms with van der Waals surface area (Å²) in [7, 11) is 0. The number of aryl methyl sites for hydroxylation is 2. The van der Waals surface area contributed by atoms with Gasteiger partial charge in [0.2, 0.25) is 0 Å². The molecule has 0 saturated heterocycles. The molecule has 8 heteroatoms. The number of hydrogen-bond donors (Lipinski definition) is 3. The van der Waals surface area contributed by atoms with Gasteiger partial charge >= 0.3 is 0 Å². The van der Waals surface area contributed by atoms with Gasteiger partial charge in [-0.25, -0.2) is 0 Å². The second-order valence-electron chi connectivity index (χ2n) is 7.45. The van der Waals surface area contributed by atoms with Crippen LogP contribution in [0.15, 0.2) is 29.4 Å². The molecule has 1 atom stereocenters. The van der Waals surface area contributed by atoms with Crippen molar-refractivity contribution in [1.82, 2.24) is 9.78 Å². The Hall–Kier alpha value is -2.10. The quantitative estimate of drug-likeness (QED) is 0.345. The number of aromatic nitrogens is 2. The molecule has 5 N–H and O–H groups in total. The van der Waals surface area contributed by atoms with Crippen LogP contribution in [0, 0.1) is 5.92 Å². The number of primary amides is 1. The van der Waals surface area contributed by atoms with Gasteiger partial charge in [-0.3, -0.25) is 14.5 Å². The van der Waals surface area contributed by atoms with Crippen LogP contribution in [0.3, 0.4) is 0 Å². The van der Waals surface area contributed by atoms with E-state index in [-0.39, 0.29) is 24.0 Å². The Kier molecular flexibility index (Phi) is 6.58. The minimum atomic E-state index is -0.421. The summed E-state index contributed by atoms with van der Waals surface area (Å²) >= 11 is 0. The molecule has 0 bridgehead atoms. The van der Waals surface area contributed by atoms with Gasteiger partial charge in [0.25, 0.3) is 5.91 Å². The Balaban J connectivity index is 0.00000225. The third kappa shape index (κ3) is 4.31. The monoisotopic (exact) mass is 494 g/mol. The molecule has 0 saturated carbocycles. The van der Waals surface area contributed by atoms with E-state index in [1.54, 1.807) is 6.20 Å². The molecule has 0 fully saturated rings. The van der Waals surface area contributed by atoms with E-state index in [0.29, 0.717) is 24.0 Å². The molecule has 2 aromatic rings. The van der Waals surface area contributed by atoms with Crippen molar-refractivity contribution in [2.75, 3.05) is 11.9 Å². The molecule has 1 aromatic heterocycles. The number of aliphatic imine (C=N–C) groups is 1. The number of anilines is 1. The average Bonchev–Trinajstić information content (AvgIpc) is 3.10. The van der Waals surface area contributed by atoms with Crippen molar-refractivity contribution in [3.63, 3.8) is 0 Å². The van der Waals surface area contributed by atoms with Crippen LogP contribution in [0.5, 0.6) is 0 Å². The number of halogens is 1. The summed E-state index contributed by atoms with van der Waals surface area (Å²) in [5.41, 5.74) is 16.9. The number of nitrogens with zero attached hydrogens (tertiary/aromatic N) is 3. The van der Waals surface area contributed by atoms with E-state index in [0.717, 1.165) is 43.6 Å². The summed E-state index contributed by atoms with van der Waals surface area (Å²) in [5, 5.41) is 7.54. The Morgan fingerprint density at radius 1 is 1.29 bits per heavy atom. The summed E-state index contributed by atoms with van der Waals surface area (Å²) < 4.78 is 1.87.